The summed E-state index contributed by atoms with van der Waals surface area (Å²) in [4.78, 5) is 16.0. The Labute approximate surface area is 145 Å². The maximum absolute atomic E-state index is 12.1. The van der Waals surface area contributed by atoms with E-state index < -0.39 is 5.97 Å². The lowest BCUT2D eigenvalue weighted by Crippen LogP contribution is -2.32. The third-order valence-electron chi connectivity index (χ3n) is 3.65. The van der Waals surface area contributed by atoms with Crippen LogP contribution < -0.4 is 9.47 Å². The maximum atomic E-state index is 12.1. The van der Waals surface area contributed by atoms with Crippen LogP contribution in [0.2, 0.25) is 0 Å². The van der Waals surface area contributed by atoms with E-state index >= 15 is 0 Å². The number of benzene rings is 1. The van der Waals surface area contributed by atoms with Crippen molar-refractivity contribution >= 4 is 12.2 Å². The predicted octanol–water partition coefficient (Wildman–Crippen LogP) is 1.98. The number of rotatable bonds is 5. The Balaban J connectivity index is 1.71. The molecule has 0 unspecified atom stereocenters. The Morgan fingerprint density at radius 2 is 2.12 bits per heavy atom. The highest BCUT2D eigenvalue weighted by Gasteiger charge is 2.13. The maximum Gasteiger partial charge on any atom is 0.345 e. The summed E-state index contributed by atoms with van der Waals surface area (Å²) in [6, 6.07) is 8.60. The standard InChI is InChI=1S/C18H19N3O4/c1-23-17-11-14(12-20-21-7-9-24-10-8-21)4-5-16(17)25-18(22)15-3-2-6-19-13-15/h2-6,11-13H,7-10H2,1H3/b20-12-. The zero-order valence-corrected chi connectivity index (χ0v) is 13.9. The molecule has 7 heteroatoms. The summed E-state index contributed by atoms with van der Waals surface area (Å²) in [5.74, 6) is 0.323. The van der Waals surface area contributed by atoms with Crippen molar-refractivity contribution in [1.29, 1.82) is 0 Å². The van der Waals surface area contributed by atoms with Gasteiger partial charge in [0.25, 0.3) is 0 Å². The van der Waals surface area contributed by atoms with Gasteiger partial charge in [0, 0.05) is 12.4 Å². The lowest BCUT2D eigenvalue weighted by atomic mass is 10.2. The highest BCUT2D eigenvalue weighted by atomic mass is 16.6. The molecule has 0 atom stereocenters. The lowest BCUT2D eigenvalue weighted by Gasteiger charge is -2.23. The highest BCUT2D eigenvalue weighted by molar-refractivity contribution is 5.91. The minimum absolute atomic E-state index is 0.347. The van der Waals surface area contributed by atoms with Gasteiger partial charge in [-0.3, -0.25) is 9.99 Å². The van der Waals surface area contributed by atoms with Gasteiger partial charge < -0.3 is 14.2 Å². The minimum Gasteiger partial charge on any atom is -0.493 e. The molecule has 0 aliphatic carbocycles. The van der Waals surface area contributed by atoms with E-state index in [1.807, 2.05) is 11.1 Å². The average molecular weight is 341 g/mol. The van der Waals surface area contributed by atoms with Crippen LogP contribution in [0.4, 0.5) is 0 Å². The first kappa shape index (κ1) is 16.9. The zero-order chi connectivity index (χ0) is 17.5. The molecule has 0 N–H and O–H groups in total. The first-order valence-corrected chi connectivity index (χ1v) is 7.93. The first-order chi connectivity index (χ1) is 12.3. The van der Waals surface area contributed by atoms with E-state index in [4.69, 9.17) is 14.2 Å². The molecule has 0 saturated carbocycles. The number of morpholine rings is 1. The fourth-order valence-corrected chi connectivity index (χ4v) is 2.31. The van der Waals surface area contributed by atoms with Crippen molar-refractivity contribution in [2.45, 2.75) is 0 Å². The Morgan fingerprint density at radius 3 is 2.84 bits per heavy atom. The molecule has 1 aliphatic heterocycles. The molecule has 7 nitrogen and oxygen atoms in total. The van der Waals surface area contributed by atoms with Crippen LogP contribution in [0.1, 0.15) is 15.9 Å². The SMILES string of the molecule is COc1cc(/C=N\N2CCOCC2)ccc1OC(=O)c1cccnc1. The van der Waals surface area contributed by atoms with Gasteiger partial charge in [-0.05, 0) is 35.9 Å². The van der Waals surface area contributed by atoms with Crippen molar-refractivity contribution in [3.63, 3.8) is 0 Å². The largest absolute Gasteiger partial charge is 0.493 e. The van der Waals surface area contributed by atoms with Gasteiger partial charge in [-0.15, -0.1) is 0 Å². The normalized spacial score (nSPS) is 14.5. The highest BCUT2D eigenvalue weighted by Crippen LogP contribution is 2.28. The summed E-state index contributed by atoms with van der Waals surface area (Å²) in [5.41, 5.74) is 1.23. The Morgan fingerprint density at radius 1 is 1.28 bits per heavy atom. The zero-order valence-electron chi connectivity index (χ0n) is 13.9. The number of esters is 1. The fraction of sp³-hybridized carbons (Fsp3) is 0.278. The minimum atomic E-state index is -0.485. The molecule has 0 bridgehead atoms. The van der Waals surface area contributed by atoms with E-state index in [-0.39, 0.29) is 0 Å². The molecule has 1 saturated heterocycles. The van der Waals surface area contributed by atoms with E-state index in [1.165, 1.54) is 13.3 Å². The van der Waals surface area contributed by atoms with Crippen molar-refractivity contribution in [2.24, 2.45) is 5.10 Å². The van der Waals surface area contributed by atoms with Crippen LogP contribution in [-0.2, 0) is 4.74 Å². The van der Waals surface area contributed by atoms with E-state index in [1.54, 1.807) is 36.7 Å². The van der Waals surface area contributed by atoms with Gasteiger partial charge in [0.05, 0.1) is 45.2 Å². The third kappa shape index (κ3) is 4.54. The average Bonchev–Trinajstić information content (AvgIpc) is 2.68. The number of pyridine rings is 1. The summed E-state index contributed by atoms with van der Waals surface area (Å²) >= 11 is 0. The molecule has 130 valence electrons. The number of carbonyl (C=O) groups is 1. The summed E-state index contributed by atoms with van der Waals surface area (Å²) < 4.78 is 16.0. The molecular formula is C18H19N3O4. The van der Waals surface area contributed by atoms with Crippen molar-refractivity contribution in [3.8, 4) is 11.5 Å². The molecule has 1 aromatic heterocycles. The molecule has 2 aromatic rings. The van der Waals surface area contributed by atoms with E-state index in [0.717, 1.165) is 18.7 Å². The van der Waals surface area contributed by atoms with E-state index in [0.29, 0.717) is 30.3 Å². The molecule has 1 fully saturated rings. The van der Waals surface area contributed by atoms with Crippen molar-refractivity contribution in [1.82, 2.24) is 9.99 Å². The quantitative estimate of drug-likeness (QED) is 0.470. The van der Waals surface area contributed by atoms with Gasteiger partial charge in [0.15, 0.2) is 11.5 Å². The summed E-state index contributed by atoms with van der Waals surface area (Å²) in [6.07, 6.45) is 4.80. The van der Waals surface area contributed by atoms with Crippen LogP contribution in [0.25, 0.3) is 0 Å². The number of carbonyl (C=O) groups excluding carboxylic acids is 1. The van der Waals surface area contributed by atoms with Crippen LogP contribution in [0, 0.1) is 0 Å². The molecule has 0 radical (unpaired) electrons. The Kier molecular flexibility index (Phi) is 5.58. The molecule has 3 rings (SSSR count). The van der Waals surface area contributed by atoms with Gasteiger partial charge in [-0.1, -0.05) is 0 Å². The number of hydrogen-bond acceptors (Lipinski definition) is 7. The number of ether oxygens (including phenoxy) is 3. The van der Waals surface area contributed by atoms with Crippen LogP contribution in [0.5, 0.6) is 11.5 Å². The first-order valence-electron chi connectivity index (χ1n) is 7.93. The molecule has 0 amide bonds. The van der Waals surface area contributed by atoms with Crippen molar-refractivity contribution in [3.05, 3.63) is 53.9 Å². The summed E-state index contributed by atoms with van der Waals surface area (Å²) in [5, 5.41) is 6.37. The fourth-order valence-electron chi connectivity index (χ4n) is 2.31. The van der Waals surface area contributed by atoms with Crippen molar-refractivity contribution < 1.29 is 19.0 Å². The Hall–Kier alpha value is -2.93. The smallest absolute Gasteiger partial charge is 0.345 e. The van der Waals surface area contributed by atoms with Gasteiger partial charge in [-0.25, -0.2) is 4.79 Å². The second kappa shape index (κ2) is 8.25. The molecule has 1 aromatic carbocycles. The number of aromatic nitrogens is 1. The molecule has 25 heavy (non-hydrogen) atoms. The van der Waals surface area contributed by atoms with Gasteiger partial charge in [0.1, 0.15) is 0 Å². The second-order valence-electron chi connectivity index (χ2n) is 5.35. The predicted molar refractivity (Wildman–Crippen MR) is 92.2 cm³/mol. The van der Waals surface area contributed by atoms with Gasteiger partial charge >= 0.3 is 5.97 Å². The Bertz CT molecular complexity index is 743. The van der Waals surface area contributed by atoms with Gasteiger partial charge in [0.2, 0.25) is 0 Å². The van der Waals surface area contributed by atoms with E-state index in [2.05, 4.69) is 10.1 Å². The van der Waals surface area contributed by atoms with Crippen molar-refractivity contribution in [2.75, 3.05) is 33.4 Å². The van der Waals surface area contributed by atoms with Crippen LogP contribution >= 0.6 is 0 Å². The molecular weight excluding hydrogens is 322 g/mol. The van der Waals surface area contributed by atoms with E-state index in [9.17, 15) is 4.79 Å². The van der Waals surface area contributed by atoms with Crippen LogP contribution in [0.15, 0.2) is 47.8 Å². The molecule has 2 heterocycles. The third-order valence-corrected chi connectivity index (χ3v) is 3.65. The number of methoxy groups -OCH3 is 1. The molecule has 0 spiro atoms. The molecule has 1 aliphatic rings. The topological polar surface area (TPSA) is 73.2 Å². The summed E-state index contributed by atoms with van der Waals surface area (Å²) in [6.45, 7) is 2.91. The lowest BCUT2D eigenvalue weighted by molar-refractivity contribution is 0.0397. The number of hydrogen-bond donors (Lipinski definition) is 0. The number of nitrogens with zero attached hydrogens (tertiary/aromatic N) is 3. The summed E-state index contributed by atoms with van der Waals surface area (Å²) in [7, 11) is 1.53. The van der Waals surface area contributed by atoms with Gasteiger partial charge in [-0.2, -0.15) is 5.10 Å². The second-order valence-corrected chi connectivity index (χ2v) is 5.35. The number of hydrazone groups is 1. The van der Waals surface area contributed by atoms with Crippen LogP contribution in [-0.4, -0.2) is 55.6 Å². The monoisotopic (exact) mass is 341 g/mol. The van der Waals surface area contributed by atoms with Crippen LogP contribution in [0.3, 0.4) is 0 Å².